The summed E-state index contributed by atoms with van der Waals surface area (Å²) in [6.07, 6.45) is 0. The van der Waals surface area contributed by atoms with Gasteiger partial charge in [0.25, 0.3) is 5.91 Å². The van der Waals surface area contributed by atoms with Gasteiger partial charge in [-0.3, -0.25) is 9.69 Å². The van der Waals surface area contributed by atoms with E-state index in [-0.39, 0.29) is 35.9 Å². The van der Waals surface area contributed by atoms with Crippen LogP contribution in [0.3, 0.4) is 0 Å². The van der Waals surface area contributed by atoms with Crippen LogP contribution >= 0.6 is 15.9 Å². The molecule has 1 aliphatic rings. The molecule has 1 N–H and O–H groups in total. The van der Waals surface area contributed by atoms with Crippen LogP contribution in [0.1, 0.15) is 22.2 Å². The lowest BCUT2D eigenvalue weighted by Gasteiger charge is -2.34. The molecule has 0 spiro atoms. The van der Waals surface area contributed by atoms with Crippen LogP contribution in [0.15, 0.2) is 45.5 Å². The number of carbonyl (C=O) groups excluding carboxylic acids is 1. The van der Waals surface area contributed by atoms with E-state index in [1.807, 2.05) is 0 Å². The van der Waals surface area contributed by atoms with Crippen molar-refractivity contribution in [3.63, 3.8) is 0 Å². The first-order valence-electron chi connectivity index (χ1n) is 7.74. The van der Waals surface area contributed by atoms with Gasteiger partial charge in [0.2, 0.25) is 0 Å². The molecule has 5 nitrogen and oxygen atoms in total. The molecular formula is C17H18BrClFN2O3-. The number of morpholine rings is 1. The van der Waals surface area contributed by atoms with Gasteiger partial charge >= 0.3 is 0 Å². The zero-order valence-corrected chi connectivity index (χ0v) is 15.7. The maximum Gasteiger partial charge on any atom is 0.287 e. The number of ether oxygens (including phenoxy) is 1. The highest BCUT2D eigenvalue weighted by Crippen LogP contribution is 2.22. The summed E-state index contributed by atoms with van der Waals surface area (Å²) in [7, 11) is 0. The third kappa shape index (κ3) is 5.28. The topological polar surface area (TPSA) is 54.7 Å². The molecule has 3 rings (SSSR count). The Hall–Kier alpha value is -1.41. The number of halogens is 3. The van der Waals surface area contributed by atoms with Gasteiger partial charge in [0.05, 0.1) is 19.3 Å². The molecule has 8 heteroatoms. The van der Waals surface area contributed by atoms with Gasteiger partial charge in [0, 0.05) is 19.6 Å². The van der Waals surface area contributed by atoms with Gasteiger partial charge in [0.1, 0.15) is 5.82 Å². The van der Waals surface area contributed by atoms with Gasteiger partial charge in [-0.25, -0.2) is 4.39 Å². The summed E-state index contributed by atoms with van der Waals surface area (Å²) < 4.78 is 24.4. The highest BCUT2D eigenvalue weighted by atomic mass is 79.9. The first kappa shape index (κ1) is 19.9. The summed E-state index contributed by atoms with van der Waals surface area (Å²) in [4.78, 5) is 14.4. The predicted molar refractivity (Wildman–Crippen MR) is 90.3 cm³/mol. The number of hydrogen-bond donors (Lipinski definition) is 1. The van der Waals surface area contributed by atoms with Crippen LogP contribution in [0.5, 0.6) is 0 Å². The smallest absolute Gasteiger partial charge is 0.287 e. The average molecular weight is 433 g/mol. The molecule has 0 aliphatic carbocycles. The average Bonchev–Trinajstić information content (AvgIpc) is 3.04. The van der Waals surface area contributed by atoms with Crippen LogP contribution in [0.2, 0.25) is 0 Å². The normalized spacial score (nSPS) is 16.1. The summed E-state index contributed by atoms with van der Waals surface area (Å²) >= 11 is 3.18. The number of hydrogen-bond acceptors (Lipinski definition) is 4. The Morgan fingerprint density at radius 1 is 1.20 bits per heavy atom. The minimum atomic E-state index is -0.277. The molecule has 25 heavy (non-hydrogen) atoms. The van der Waals surface area contributed by atoms with Gasteiger partial charge in [-0.15, -0.1) is 0 Å². The molecule has 1 aromatic heterocycles. The second-order valence-corrected chi connectivity index (χ2v) is 6.31. The van der Waals surface area contributed by atoms with E-state index in [1.165, 1.54) is 12.1 Å². The second-order valence-electron chi connectivity index (χ2n) is 5.53. The number of benzene rings is 1. The maximum atomic E-state index is 13.2. The summed E-state index contributed by atoms with van der Waals surface area (Å²) in [5, 5.41) is 2.89. The Labute approximate surface area is 160 Å². The fourth-order valence-electron chi connectivity index (χ4n) is 2.74. The maximum absolute atomic E-state index is 13.2. The van der Waals surface area contributed by atoms with E-state index in [0.717, 1.165) is 18.7 Å². The van der Waals surface area contributed by atoms with Gasteiger partial charge in [-0.05, 0) is 45.8 Å². The molecular weight excluding hydrogens is 415 g/mol. The zero-order valence-electron chi connectivity index (χ0n) is 13.4. The third-order valence-corrected chi connectivity index (χ3v) is 4.42. The van der Waals surface area contributed by atoms with E-state index < -0.39 is 0 Å². The lowest BCUT2D eigenvalue weighted by atomic mass is 10.0. The Morgan fingerprint density at radius 3 is 2.48 bits per heavy atom. The predicted octanol–water partition coefficient (Wildman–Crippen LogP) is -0.0115. The molecule has 1 atom stereocenters. The SMILES string of the molecule is O=C(NCC(c1ccc(F)cc1)N1CCOCC1)c1ccc(Br)o1.[Cl-]. The monoisotopic (exact) mass is 431 g/mol. The molecule has 1 fully saturated rings. The number of nitrogens with zero attached hydrogens (tertiary/aromatic N) is 1. The van der Waals surface area contributed by atoms with Crippen molar-refractivity contribution in [3.05, 3.63) is 58.2 Å². The molecule has 0 radical (unpaired) electrons. The lowest BCUT2D eigenvalue weighted by Crippen LogP contribution is -3.00. The van der Waals surface area contributed by atoms with Gasteiger partial charge in [-0.2, -0.15) is 0 Å². The van der Waals surface area contributed by atoms with E-state index in [2.05, 4.69) is 26.1 Å². The fraction of sp³-hybridized carbons (Fsp3) is 0.353. The first-order valence-corrected chi connectivity index (χ1v) is 8.53. The quantitative estimate of drug-likeness (QED) is 0.722. The molecule has 0 saturated carbocycles. The number of furan rings is 1. The van der Waals surface area contributed by atoms with E-state index in [1.54, 1.807) is 24.3 Å². The molecule has 1 unspecified atom stereocenters. The highest BCUT2D eigenvalue weighted by Gasteiger charge is 2.24. The van der Waals surface area contributed by atoms with Crippen molar-refractivity contribution >= 4 is 21.8 Å². The van der Waals surface area contributed by atoms with E-state index in [0.29, 0.717) is 24.4 Å². The molecule has 1 aromatic carbocycles. The molecule has 136 valence electrons. The summed E-state index contributed by atoms with van der Waals surface area (Å²) in [5.74, 6) is -0.299. The van der Waals surface area contributed by atoms with Crippen molar-refractivity contribution in [1.29, 1.82) is 0 Å². The van der Waals surface area contributed by atoms with Crippen molar-refractivity contribution in [1.82, 2.24) is 10.2 Å². The van der Waals surface area contributed by atoms with Crippen molar-refractivity contribution < 1.29 is 30.7 Å². The second kappa shape index (κ2) is 9.33. The molecule has 0 bridgehead atoms. The van der Waals surface area contributed by atoms with Gasteiger partial charge in [-0.1, -0.05) is 12.1 Å². The van der Waals surface area contributed by atoms with Crippen LogP contribution in [-0.4, -0.2) is 43.7 Å². The Bertz CT molecular complexity index is 689. The number of amides is 1. The van der Waals surface area contributed by atoms with E-state index in [4.69, 9.17) is 9.15 Å². The molecule has 2 aromatic rings. The van der Waals surface area contributed by atoms with Crippen molar-refractivity contribution in [3.8, 4) is 0 Å². The Kier molecular flexibility index (Phi) is 7.43. The number of carbonyl (C=O) groups is 1. The molecule has 1 amide bonds. The summed E-state index contributed by atoms with van der Waals surface area (Å²) in [6, 6.07) is 9.63. The van der Waals surface area contributed by atoms with Crippen molar-refractivity contribution in [2.75, 3.05) is 32.8 Å². The third-order valence-electron chi connectivity index (χ3n) is 3.99. The zero-order chi connectivity index (χ0) is 16.9. The van der Waals surface area contributed by atoms with Crippen LogP contribution < -0.4 is 17.7 Å². The van der Waals surface area contributed by atoms with Crippen molar-refractivity contribution in [2.24, 2.45) is 0 Å². The molecule has 2 heterocycles. The largest absolute Gasteiger partial charge is 1.00 e. The lowest BCUT2D eigenvalue weighted by molar-refractivity contribution is -0.0000185. The minimum Gasteiger partial charge on any atom is -1.00 e. The van der Waals surface area contributed by atoms with Crippen LogP contribution in [0, 0.1) is 5.82 Å². The molecule has 1 aliphatic heterocycles. The van der Waals surface area contributed by atoms with Gasteiger partial charge in [0.15, 0.2) is 10.4 Å². The minimum absolute atomic E-state index is 0. The molecule has 1 saturated heterocycles. The number of nitrogens with one attached hydrogen (secondary N) is 1. The fourth-order valence-corrected chi connectivity index (χ4v) is 3.05. The van der Waals surface area contributed by atoms with Crippen LogP contribution in [-0.2, 0) is 4.74 Å². The summed E-state index contributed by atoms with van der Waals surface area (Å²) in [5.41, 5.74) is 0.958. The summed E-state index contributed by atoms with van der Waals surface area (Å²) in [6.45, 7) is 3.24. The number of rotatable bonds is 5. The Balaban J connectivity index is 0.00000225. The first-order chi connectivity index (χ1) is 11.6. The standard InChI is InChI=1S/C17H18BrFN2O3.ClH/c18-16-6-5-15(24-16)17(22)20-11-14(21-7-9-23-10-8-21)12-1-3-13(19)4-2-12;/h1-6,14H,7-11H2,(H,20,22);1H/p-1. The highest BCUT2D eigenvalue weighted by molar-refractivity contribution is 9.10. The van der Waals surface area contributed by atoms with Crippen LogP contribution in [0.4, 0.5) is 4.39 Å². The Morgan fingerprint density at radius 2 is 1.88 bits per heavy atom. The van der Waals surface area contributed by atoms with Crippen molar-refractivity contribution in [2.45, 2.75) is 6.04 Å². The van der Waals surface area contributed by atoms with E-state index in [9.17, 15) is 9.18 Å². The van der Waals surface area contributed by atoms with Crippen LogP contribution in [0.25, 0.3) is 0 Å². The van der Waals surface area contributed by atoms with Gasteiger partial charge < -0.3 is 26.9 Å². The van der Waals surface area contributed by atoms with E-state index >= 15 is 0 Å².